The van der Waals surface area contributed by atoms with Gasteiger partial charge in [0, 0.05) is 24.1 Å². The van der Waals surface area contributed by atoms with Gasteiger partial charge in [-0.3, -0.25) is 4.79 Å². The van der Waals surface area contributed by atoms with Crippen LogP contribution in [0.5, 0.6) is 0 Å². The molecular formula is C15H14Cl2FNO. The standard InChI is InChI=1S/C15H13ClFNO.ClH/c1-18-12-6-7-14(16)13(9-12)15(19)8-10-2-4-11(17)5-3-10;/h2-7,9,18H,8H2,1H3;1H. The summed E-state index contributed by atoms with van der Waals surface area (Å²) in [5.41, 5.74) is 2.22. The minimum Gasteiger partial charge on any atom is -1.00 e. The Morgan fingerprint density at radius 3 is 2.45 bits per heavy atom. The van der Waals surface area contributed by atoms with Crippen LogP contribution in [0.25, 0.3) is 0 Å². The van der Waals surface area contributed by atoms with Gasteiger partial charge in [-0.05, 0) is 23.8 Å². The summed E-state index contributed by atoms with van der Waals surface area (Å²) in [6.07, 6.45) is 0.215. The molecule has 2 aromatic rings. The quantitative estimate of drug-likeness (QED) is 0.612. The first-order chi connectivity index (χ1) is 9.10. The summed E-state index contributed by atoms with van der Waals surface area (Å²) in [6, 6.07) is 11.3. The second-order valence-corrected chi connectivity index (χ2v) is 4.66. The molecule has 2 rings (SSSR count). The Labute approximate surface area is 128 Å². The molecule has 0 aliphatic carbocycles. The van der Waals surface area contributed by atoms with Crippen LogP contribution in [0.2, 0.25) is 5.02 Å². The van der Waals surface area contributed by atoms with Crippen molar-refractivity contribution in [2.75, 3.05) is 7.05 Å². The van der Waals surface area contributed by atoms with Crippen molar-refractivity contribution in [2.45, 2.75) is 6.42 Å². The molecule has 2 N–H and O–H groups in total. The Bertz CT molecular complexity index is 599. The van der Waals surface area contributed by atoms with Crippen LogP contribution < -0.4 is 17.7 Å². The molecule has 106 valence electrons. The second-order valence-electron chi connectivity index (χ2n) is 4.25. The maximum absolute atomic E-state index is 12.8. The number of quaternary nitrogens is 1. The second kappa shape index (κ2) is 7.39. The average Bonchev–Trinajstić information content (AvgIpc) is 2.42. The van der Waals surface area contributed by atoms with E-state index in [9.17, 15) is 9.18 Å². The molecule has 0 spiro atoms. The topological polar surface area (TPSA) is 33.7 Å². The first-order valence-corrected chi connectivity index (χ1v) is 6.34. The summed E-state index contributed by atoms with van der Waals surface area (Å²) in [6.45, 7) is 0. The number of ketones is 1. The van der Waals surface area contributed by atoms with Crippen LogP contribution in [-0.4, -0.2) is 12.8 Å². The summed E-state index contributed by atoms with van der Waals surface area (Å²) in [4.78, 5) is 12.2. The smallest absolute Gasteiger partial charge is 0.168 e. The number of halogens is 3. The molecule has 0 amide bonds. The van der Waals surface area contributed by atoms with E-state index in [0.29, 0.717) is 10.6 Å². The van der Waals surface area contributed by atoms with Gasteiger partial charge in [0.05, 0.1) is 12.1 Å². The summed E-state index contributed by atoms with van der Waals surface area (Å²) >= 11 is 6.04. The van der Waals surface area contributed by atoms with E-state index in [1.54, 1.807) is 24.3 Å². The summed E-state index contributed by atoms with van der Waals surface area (Å²) in [5.74, 6) is -0.378. The van der Waals surface area contributed by atoms with Gasteiger partial charge in [0.1, 0.15) is 11.5 Å². The molecule has 0 aliphatic heterocycles. The minimum absolute atomic E-state index is 0. The average molecular weight is 314 g/mol. The largest absolute Gasteiger partial charge is 1.00 e. The first-order valence-electron chi connectivity index (χ1n) is 5.96. The van der Waals surface area contributed by atoms with Gasteiger partial charge in [-0.25, -0.2) is 4.39 Å². The molecule has 0 atom stereocenters. The van der Waals surface area contributed by atoms with Crippen molar-refractivity contribution < 1.29 is 26.9 Å². The number of carbonyl (C=O) groups is 1. The zero-order valence-corrected chi connectivity index (χ0v) is 12.4. The van der Waals surface area contributed by atoms with Crippen molar-refractivity contribution in [1.29, 1.82) is 0 Å². The highest BCUT2D eigenvalue weighted by Gasteiger charge is 2.13. The van der Waals surface area contributed by atoms with E-state index in [1.807, 2.05) is 18.4 Å². The molecule has 0 aliphatic rings. The van der Waals surface area contributed by atoms with Crippen molar-refractivity contribution in [1.82, 2.24) is 0 Å². The predicted molar refractivity (Wildman–Crippen MR) is 73.4 cm³/mol. The van der Waals surface area contributed by atoms with Gasteiger partial charge in [0.2, 0.25) is 0 Å². The Hall–Kier alpha value is -1.42. The number of hydrogen-bond donors (Lipinski definition) is 1. The highest BCUT2D eigenvalue weighted by atomic mass is 35.5. The van der Waals surface area contributed by atoms with Crippen LogP contribution in [0, 0.1) is 5.82 Å². The third-order valence-corrected chi connectivity index (χ3v) is 3.23. The zero-order chi connectivity index (χ0) is 13.8. The van der Waals surface area contributed by atoms with Gasteiger partial charge < -0.3 is 17.7 Å². The van der Waals surface area contributed by atoms with Crippen LogP contribution >= 0.6 is 11.6 Å². The summed E-state index contributed by atoms with van der Waals surface area (Å²) in [7, 11) is 1.90. The van der Waals surface area contributed by atoms with Gasteiger partial charge in [-0.1, -0.05) is 23.7 Å². The van der Waals surface area contributed by atoms with Gasteiger partial charge in [0.25, 0.3) is 0 Å². The van der Waals surface area contributed by atoms with Gasteiger partial charge in [0.15, 0.2) is 5.78 Å². The highest BCUT2D eigenvalue weighted by molar-refractivity contribution is 6.34. The third kappa shape index (κ3) is 4.04. The molecular weight excluding hydrogens is 300 g/mol. The van der Waals surface area contributed by atoms with Crippen molar-refractivity contribution in [3.63, 3.8) is 0 Å². The molecule has 0 unspecified atom stereocenters. The predicted octanol–water partition coefficient (Wildman–Crippen LogP) is -0.267. The Balaban J connectivity index is 0.00000200. The van der Waals surface area contributed by atoms with E-state index in [1.165, 1.54) is 12.1 Å². The number of hydrogen-bond acceptors (Lipinski definition) is 1. The molecule has 0 saturated heterocycles. The highest BCUT2D eigenvalue weighted by Crippen LogP contribution is 2.20. The molecule has 0 saturated carbocycles. The minimum atomic E-state index is -0.309. The van der Waals surface area contributed by atoms with Crippen LogP contribution in [0.3, 0.4) is 0 Å². The van der Waals surface area contributed by atoms with E-state index < -0.39 is 0 Å². The number of Topliss-reactive ketones (excluding diaryl/α,β-unsaturated/α-hetero) is 1. The molecule has 20 heavy (non-hydrogen) atoms. The Morgan fingerprint density at radius 2 is 1.85 bits per heavy atom. The maximum Gasteiger partial charge on any atom is 0.168 e. The van der Waals surface area contributed by atoms with E-state index >= 15 is 0 Å². The zero-order valence-electron chi connectivity index (χ0n) is 10.9. The van der Waals surface area contributed by atoms with E-state index in [-0.39, 0.29) is 30.4 Å². The van der Waals surface area contributed by atoms with Gasteiger partial charge in [-0.2, -0.15) is 0 Å². The molecule has 0 fully saturated rings. The fraction of sp³-hybridized carbons (Fsp3) is 0.133. The SMILES string of the molecule is C[NH2+]c1ccc(Cl)c(C(=O)Cc2ccc(F)cc2)c1.[Cl-]. The molecule has 5 heteroatoms. The monoisotopic (exact) mass is 313 g/mol. The van der Waals surface area contributed by atoms with E-state index in [0.717, 1.165) is 11.3 Å². The summed E-state index contributed by atoms with van der Waals surface area (Å²) < 4.78 is 12.8. The van der Waals surface area contributed by atoms with Crippen molar-refractivity contribution >= 4 is 23.1 Å². The molecule has 2 aromatic carbocycles. The number of benzene rings is 2. The number of rotatable bonds is 4. The molecule has 0 radical (unpaired) electrons. The third-order valence-electron chi connectivity index (χ3n) is 2.90. The maximum atomic E-state index is 12.8. The summed E-state index contributed by atoms with van der Waals surface area (Å²) in [5, 5.41) is 2.35. The van der Waals surface area contributed by atoms with E-state index in [4.69, 9.17) is 11.6 Å². The van der Waals surface area contributed by atoms with Crippen LogP contribution in [-0.2, 0) is 6.42 Å². The normalized spacial score (nSPS) is 9.95. The number of carbonyl (C=O) groups excluding carboxylic acids is 1. The fourth-order valence-electron chi connectivity index (χ4n) is 1.82. The molecule has 0 aromatic heterocycles. The van der Waals surface area contributed by atoms with Gasteiger partial charge >= 0.3 is 0 Å². The van der Waals surface area contributed by atoms with Gasteiger partial charge in [-0.15, -0.1) is 0 Å². The lowest BCUT2D eigenvalue weighted by molar-refractivity contribution is -0.539. The molecule has 2 nitrogen and oxygen atoms in total. The van der Waals surface area contributed by atoms with Crippen molar-refractivity contribution in [3.05, 3.63) is 64.4 Å². The number of nitrogens with two attached hydrogens (primary N) is 1. The van der Waals surface area contributed by atoms with Crippen LogP contribution in [0.15, 0.2) is 42.5 Å². The Morgan fingerprint density at radius 1 is 1.20 bits per heavy atom. The van der Waals surface area contributed by atoms with Crippen molar-refractivity contribution in [3.8, 4) is 0 Å². The van der Waals surface area contributed by atoms with E-state index in [2.05, 4.69) is 0 Å². The fourth-order valence-corrected chi connectivity index (χ4v) is 2.04. The molecule has 0 bridgehead atoms. The Kier molecular flexibility index (Phi) is 6.14. The molecule has 0 heterocycles. The first kappa shape index (κ1) is 16.6. The van der Waals surface area contributed by atoms with Crippen LogP contribution in [0.4, 0.5) is 10.1 Å². The van der Waals surface area contributed by atoms with Crippen LogP contribution in [0.1, 0.15) is 15.9 Å². The lowest BCUT2D eigenvalue weighted by Gasteiger charge is -2.05. The lowest BCUT2D eigenvalue weighted by atomic mass is 10.0. The lowest BCUT2D eigenvalue weighted by Crippen LogP contribution is -3.00. The van der Waals surface area contributed by atoms with Crippen molar-refractivity contribution in [2.24, 2.45) is 0 Å².